The summed E-state index contributed by atoms with van der Waals surface area (Å²) in [6.07, 6.45) is 6.45. The maximum absolute atomic E-state index is 13.2. The molecule has 0 spiro atoms. The fourth-order valence-electron chi connectivity index (χ4n) is 1.64. The van der Waals surface area contributed by atoms with Gasteiger partial charge in [0.15, 0.2) is 0 Å². The first kappa shape index (κ1) is 17.3. The quantitative estimate of drug-likeness (QED) is 0.535. The number of terminal acetylenes is 1. The van der Waals surface area contributed by atoms with Gasteiger partial charge in [-0.25, -0.2) is 9.18 Å². The van der Waals surface area contributed by atoms with E-state index < -0.39 is 11.9 Å². The van der Waals surface area contributed by atoms with Gasteiger partial charge in [0.1, 0.15) is 5.82 Å². The van der Waals surface area contributed by atoms with Gasteiger partial charge in [-0.1, -0.05) is 17.7 Å². The van der Waals surface area contributed by atoms with Crippen LogP contribution in [-0.2, 0) is 0 Å². The Hall–Kier alpha value is -1.77. The third kappa shape index (κ3) is 6.48. The predicted octanol–water partition coefficient (Wildman–Crippen LogP) is 2.62. The summed E-state index contributed by atoms with van der Waals surface area (Å²) in [5.74, 6) is 1.92. The Labute approximate surface area is 128 Å². The molecule has 0 saturated heterocycles. The molecule has 4 nitrogen and oxygen atoms in total. The summed E-state index contributed by atoms with van der Waals surface area (Å²) in [6.45, 7) is 0.496. The van der Waals surface area contributed by atoms with Gasteiger partial charge in [0.25, 0.3) is 0 Å². The lowest BCUT2D eigenvalue weighted by atomic mass is 10.1. The van der Waals surface area contributed by atoms with Crippen LogP contribution >= 0.6 is 11.6 Å². The Morgan fingerprint density at radius 3 is 2.86 bits per heavy atom. The molecule has 3 N–H and O–H groups in total. The smallest absolute Gasteiger partial charge is 0.314 e. The number of benzene rings is 1. The topological polar surface area (TPSA) is 61.4 Å². The largest absolute Gasteiger partial charge is 0.387 e. The number of carbonyl (C=O) groups excluding carboxylic acids is 1. The number of hydrogen-bond donors (Lipinski definition) is 3. The van der Waals surface area contributed by atoms with Crippen LogP contribution in [0.2, 0.25) is 5.02 Å². The highest BCUT2D eigenvalue weighted by Gasteiger charge is 2.11. The second-order valence-electron chi connectivity index (χ2n) is 4.49. The van der Waals surface area contributed by atoms with Crippen molar-refractivity contribution >= 4 is 17.6 Å². The Morgan fingerprint density at radius 2 is 2.19 bits per heavy atom. The number of carbonyl (C=O) groups is 1. The molecule has 6 heteroatoms. The number of aliphatic hydroxyl groups excluding tert-OH is 1. The van der Waals surface area contributed by atoms with E-state index in [1.807, 2.05) is 0 Å². The van der Waals surface area contributed by atoms with Gasteiger partial charge in [-0.05, 0) is 30.5 Å². The summed E-state index contributed by atoms with van der Waals surface area (Å²) < 4.78 is 13.2. The number of rotatable bonds is 7. The maximum Gasteiger partial charge on any atom is 0.314 e. The van der Waals surface area contributed by atoms with Gasteiger partial charge < -0.3 is 15.7 Å². The summed E-state index contributed by atoms with van der Waals surface area (Å²) in [4.78, 5) is 11.5. The molecule has 1 aromatic carbocycles. The van der Waals surface area contributed by atoms with Crippen LogP contribution in [0, 0.1) is 18.2 Å². The van der Waals surface area contributed by atoms with Crippen LogP contribution in [-0.4, -0.2) is 24.2 Å². The Balaban J connectivity index is 2.29. The maximum atomic E-state index is 13.2. The van der Waals surface area contributed by atoms with Gasteiger partial charge in [-0.15, -0.1) is 12.3 Å². The van der Waals surface area contributed by atoms with E-state index in [9.17, 15) is 14.3 Å². The fourth-order valence-corrected chi connectivity index (χ4v) is 1.76. The van der Waals surface area contributed by atoms with Crippen LogP contribution in [0.4, 0.5) is 9.18 Å². The average Bonchev–Trinajstić information content (AvgIpc) is 2.47. The van der Waals surface area contributed by atoms with Crippen molar-refractivity contribution in [1.82, 2.24) is 10.6 Å². The van der Waals surface area contributed by atoms with E-state index in [-0.39, 0.29) is 17.6 Å². The molecule has 2 amide bonds. The number of hydrogen-bond acceptors (Lipinski definition) is 2. The first-order chi connectivity index (χ1) is 10.0. The van der Waals surface area contributed by atoms with Gasteiger partial charge in [-0.2, -0.15) is 0 Å². The van der Waals surface area contributed by atoms with Crippen LogP contribution in [0.25, 0.3) is 0 Å². The monoisotopic (exact) mass is 312 g/mol. The first-order valence-corrected chi connectivity index (χ1v) is 7.00. The Kier molecular flexibility index (Phi) is 7.59. The van der Waals surface area contributed by atoms with Gasteiger partial charge in [-0.3, -0.25) is 0 Å². The lowest BCUT2D eigenvalue weighted by Crippen LogP contribution is -2.38. The number of nitrogens with one attached hydrogen (secondary N) is 2. The highest BCUT2D eigenvalue weighted by Crippen LogP contribution is 2.19. The van der Waals surface area contributed by atoms with Crippen molar-refractivity contribution in [2.75, 3.05) is 13.1 Å². The normalized spacial score (nSPS) is 11.5. The Morgan fingerprint density at radius 1 is 1.43 bits per heavy atom. The van der Waals surface area contributed by atoms with Crippen molar-refractivity contribution in [3.63, 3.8) is 0 Å². The van der Waals surface area contributed by atoms with E-state index >= 15 is 0 Å². The van der Waals surface area contributed by atoms with Gasteiger partial charge in [0, 0.05) is 19.5 Å². The number of aliphatic hydroxyl groups is 1. The first-order valence-electron chi connectivity index (χ1n) is 6.62. The zero-order chi connectivity index (χ0) is 15.7. The summed E-state index contributed by atoms with van der Waals surface area (Å²) >= 11 is 5.56. The van der Waals surface area contributed by atoms with E-state index in [4.69, 9.17) is 18.0 Å². The van der Waals surface area contributed by atoms with Crippen molar-refractivity contribution in [2.45, 2.75) is 25.4 Å². The van der Waals surface area contributed by atoms with Crippen LogP contribution in [0.15, 0.2) is 18.2 Å². The summed E-state index contributed by atoms with van der Waals surface area (Å²) in [6, 6.07) is 3.63. The highest BCUT2D eigenvalue weighted by molar-refractivity contribution is 6.30. The molecule has 21 heavy (non-hydrogen) atoms. The predicted molar refractivity (Wildman–Crippen MR) is 80.5 cm³/mol. The van der Waals surface area contributed by atoms with Crippen LogP contribution in [0.5, 0.6) is 0 Å². The number of unbranched alkanes of at least 4 members (excludes halogenated alkanes) is 2. The van der Waals surface area contributed by atoms with Crippen LogP contribution in [0.3, 0.4) is 0 Å². The molecule has 1 atom stereocenters. The highest BCUT2D eigenvalue weighted by atomic mass is 35.5. The SMILES string of the molecule is C#CCCCCNC(=O)NCC(O)c1ccc(Cl)c(F)c1. The molecule has 1 unspecified atom stereocenters. The second kappa shape index (κ2) is 9.22. The van der Waals surface area contributed by atoms with Crippen molar-refractivity contribution in [2.24, 2.45) is 0 Å². The van der Waals surface area contributed by atoms with Gasteiger partial charge in [0.2, 0.25) is 0 Å². The van der Waals surface area contributed by atoms with Gasteiger partial charge >= 0.3 is 6.03 Å². The minimum atomic E-state index is -0.996. The number of urea groups is 1. The minimum Gasteiger partial charge on any atom is -0.387 e. The molecule has 0 bridgehead atoms. The van der Waals surface area contributed by atoms with Crippen molar-refractivity contribution in [3.05, 3.63) is 34.6 Å². The second-order valence-corrected chi connectivity index (χ2v) is 4.89. The number of amides is 2. The van der Waals surface area contributed by atoms with E-state index in [0.717, 1.165) is 18.9 Å². The van der Waals surface area contributed by atoms with Gasteiger partial charge in [0.05, 0.1) is 11.1 Å². The molecule has 0 fully saturated rings. The molecule has 0 aliphatic carbocycles. The molecular formula is C15H18ClFN2O2. The third-order valence-corrected chi connectivity index (χ3v) is 3.12. The lowest BCUT2D eigenvalue weighted by Gasteiger charge is -2.13. The van der Waals surface area contributed by atoms with E-state index in [2.05, 4.69) is 16.6 Å². The molecule has 0 aliphatic rings. The summed E-state index contributed by atoms with van der Waals surface area (Å²) in [7, 11) is 0. The van der Waals surface area contributed by atoms with Crippen molar-refractivity contribution in [3.8, 4) is 12.3 Å². The average molecular weight is 313 g/mol. The molecule has 0 radical (unpaired) electrons. The molecule has 0 saturated carbocycles. The number of halogens is 2. The van der Waals surface area contributed by atoms with Crippen LogP contribution in [0.1, 0.15) is 30.9 Å². The molecule has 1 aromatic rings. The zero-order valence-electron chi connectivity index (χ0n) is 11.5. The molecule has 0 heterocycles. The van der Waals surface area contributed by atoms with Crippen LogP contribution < -0.4 is 10.6 Å². The zero-order valence-corrected chi connectivity index (χ0v) is 12.3. The minimum absolute atomic E-state index is 0.0105. The van der Waals surface area contributed by atoms with E-state index in [1.165, 1.54) is 12.1 Å². The third-order valence-electron chi connectivity index (χ3n) is 2.82. The molecular weight excluding hydrogens is 295 g/mol. The van der Waals surface area contributed by atoms with E-state index in [1.54, 1.807) is 0 Å². The van der Waals surface area contributed by atoms with Crippen molar-refractivity contribution < 1.29 is 14.3 Å². The molecule has 1 rings (SSSR count). The van der Waals surface area contributed by atoms with E-state index in [0.29, 0.717) is 18.5 Å². The fraction of sp³-hybridized carbons (Fsp3) is 0.400. The lowest BCUT2D eigenvalue weighted by molar-refractivity contribution is 0.172. The van der Waals surface area contributed by atoms with Crippen molar-refractivity contribution in [1.29, 1.82) is 0 Å². The molecule has 114 valence electrons. The molecule has 0 aromatic heterocycles. The Bertz CT molecular complexity index is 517. The molecule has 0 aliphatic heterocycles. The summed E-state index contributed by atoms with van der Waals surface area (Å²) in [5, 5.41) is 15.0. The standard InChI is InChI=1S/C15H18ClFN2O2/c1-2-3-4-5-8-18-15(21)19-10-14(20)11-6-7-12(16)13(17)9-11/h1,6-7,9,14,20H,3-5,8,10H2,(H2,18,19,21). The summed E-state index contributed by atoms with van der Waals surface area (Å²) in [5.41, 5.74) is 0.353.